The van der Waals surface area contributed by atoms with Crippen molar-refractivity contribution in [3.05, 3.63) is 11.6 Å². The minimum Gasteiger partial charge on any atom is -0.458 e. The number of ether oxygens (including phenoxy) is 3. The molecule has 2 heterocycles. The van der Waals surface area contributed by atoms with Gasteiger partial charge in [-0.3, -0.25) is 0 Å². The minimum atomic E-state index is -1.37. The standard InChI is InChI=1S/C29H44O9/c1-14-23(32)24(33)25(34)26(37-14)38-16-6-8-28(3)22-17(7-9-29(28,35)11-16)19-5-4-18(15-10-21(31)36-13-15)27(19,2)12-20(22)30/h10,14,16-20,22-26,30,32-35H,4-9,11-13H2,1-3H3. The van der Waals surface area contributed by atoms with Crippen LogP contribution in [0, 0.1) is 34.5 Å². The van der Waals surface area contributed by atoms with Crippen LogP contribution in [-0.2, 0) is 19.0 Å². The van der Waals surface area contributed by atoms with E-state index < -0.39 is 47.8 Å². The lowest BCUT2D eigenvalue weighted by Crippen LogP contribution is -2.66. The first-order chi connectivity index (χ1) is 17.9. The van der Waals surface area contributed by atoms with E-state index in [0.717, 1.165) is 24.8 Å². The molecule has 0 spiro atoms. The fraction of sp³-hybridized carbons (Fsp3) is 0.897. The molecule has 1 saturated heterocycles. The molecular weight excluding hydrogens is 492 g/mol. The molecule has 9 heteroatoms. The van der Waals surface area contributed by atoms with Gasteiger partial charge in [0, 0.05) is 17.9 Å². The number of aliphatic hydroxyl groups excluding tert-OH is 4. The molecule has 4 aliphatic carbocycles. The van der Waals surface area contributed by atoms with E-state index in [2.05, 4.69) is 13.8 Å². The molecule has 214 valence electrons. The summed E-state index contributed by atoms with van der Waals surface area (Å²) in [7, 11) is 0. The van der Waals surface area contributed by atoms with E-state index in [-0.39, 0.29) is 29.3 Å². The van der Waals surface area contributed by atoms with Crippen molar-refractivity contribution in [2.75, 3.05) is 6.61 Å². The van der Waals surface area contributed by atoms with E-state index in [9.17, 15) is 30.3 Å². The molecule has 0 aromatic heterocycles. The molecular formula is C29H44O9. The fourth-order valence-corrected chi connectivity index (χ4v) is 9.96. The van der Waals surface area contributed by atoms with Crippen LogP contribution in [0.2, 0.25) is 0 Å². The van der Waals surface area contributed by atoms with Gasteiger partial charge in [-0.05, 0) is 86.5 Å². The van der Waals surface area contributed by atoms with E-state index in [1.54, 1.807) is 13.0 Å². The summed E-state index contributed by atoms with van der Waals surface area (Å²) < 4.78 is 17.0. The van der Waals surface area contributed by atoms with Gasteiger partial charge in [0.2, 0.25) is 0 Å². The Bertz CT molecular complexity index is 985. The SMILES string of the molecule is CC1OC(OC2CCC3(C)C4C(O)CC5(C)C(C6=CC(=O)OC6)CCC5C4CCC3(O)C2)C(O)C(O)C1O. The van der Waals surface area contributed by atoms with Gasteiger partial charge in [-0.2, -0.15) is 0 Å². The minimum absolute atomic E-state index is 0.0250. The maximum atomic E-state index is 12.1. The summed E-state index contributed by atoms with van der Waals surface area (Å²) in [6, 6.07) is 0. The molecule has 4 saturated carbocycles. The quantitative estimate of drug-likeness (QED) is 0.267. The molecule has 38 heavy (non-hydrogen) atoms. The Morgan fingerprint density at radius 2 is 1.74 bits per heavy atom. The molecule has 6 aliphatic rings. The van der Waals surface area contributed by atoms with Gasteiger partial charge in [-0.15, -0.1) is 0 Å². The fourth-order valence-electron chi connectivity index (χ4n) is 9.96. The number of hydrogen-bond acceptors (Lipinski definition) is 9. The third-order valence-electron chi connectivity index (χ3n) is 12.0. The Hall–Kier alpha value is -1.07. The maximum absolute atomic E-state index is 12.1. The van der Waals surface area contributed by atoms with Crippen molar-refractivity contribution in [2.24, 2.45) is 34.5 Å². The predicted octanol–water partition coefficient (Wildman–Crippen LogP) is 1.43. The third-order valence-corrected chi connectivity index (χ3v) is 12.0. The van der Waals surface area contributed by atoms with Gasteiger partial charge in [0.1, 0.15) is 24.9 Å². The first-order valence-corrected chi connectivity index (χ1v) is 14.5. The van der Waals surface area contributed by atoms with Crippen LogP contribution in [0.1, 0.15) is 72.1 Å². The van der Waals surface area contributed by atoms with E-state index in [4.69, 9.17) is 14.2 Å². The van der Waals surface area contributed by atoms with Crippen LogP contribution in [0.15, 0.2) is 11.6 Å². The van der Waals surface area contributed by atoms with E-state index >= 15 is 0 Å². The van der Waals surface area contributed by atoms with Crippen molar-refractivity contribution < 1.29 is 44.5 Å². The van der Waals surface area contributed by atoms with Gasteiger partial charge in [0.25, 0.3) is 0 Å². The van der Waals surface area contributed by atoms with Gasteiger partial charge in [-0.1, -0.05) is 13.8 Å². The van der Waals surface area contributed by atoms with Crippen molar-refractivity contribution in [2.45, 2.75) is 121 Å². The highest BCUT2D eigenvalue weighted by molar-refractivity contribution is 5.85. The number of cyclic esters (lactones) is 1. The summed E-state index contributed by atoms with van der Waals surface area (Å²) in [4.78, 5) is 11.8. The van der Waals surface area contributed by atoms with Gasteiger partial charge in [0.05, 0.1) is 23.9 Å². The molecule has 5 N–H and O–H groups in total. The Morgan fingerprint density at radius 1 is 0.974 bits per heavy atom. The van der Waals surface area contributed by atoms with Crippen LogP contribution in [-0.4, -0.2) is 86.6 Å². The highest BCUT2D eigenvalue weighted by Crippen LogP contribution is 2.69. The number of esters is 1. The Balaban J connectivity index is 1.19. The van der Waals surface area contributed by atoms with Crippen LogP contribution in [0.4, 0.5) is 0 Å². The summed E-state index contributed by atoms with van der Waals surface area (Å²) in [6.45, 7) is 6.42. The zero-order chi connectivity index (χ0) is 27.2. The highest BCUT2D eigenvalue weighted by Gasteiger charge is 2.67. The number of fused-ring (bicyclic) bond motifs is 5. The molecule has 0 aromatic carbocycles. The summed E-state index contributed by atoms with van der Waals surface area (Å²) in [5, 5.41) is 54.5. The smallest absolute Gasteiger partial charge is 0.331 e. The second kappa shape index (κ2) is 9.23. The van der Waals surface area contributed by atoms with Gasteiger partial charge in [0.15, 0.2) is 6.29 Å². The van der Waals surface area contributed by atoms with Crippen molar-refractivity contribution in [3.8, 4) is 0 Å². The molecule has 14 atom stereocenters. The monoisotopic (exact) mass is 536 g/mol. The summed E-state index contributed by atoms with van der Waals surface area (Å²) in [5.74, 6) is 0.680. The zero-order valence-electron chi connectivity index (χ0n) is 22.7. The van der Waals surface area contributed by atoms with Crippen LogP contribution in [0.3, 0.4) is 0 Å². The topological polar surface area (TPSA) is 146 Å². The molecule has 0 amide bonds. The van der Waals surface area contributed by atoms with Crippen molar-refractivity contribution in [1.82, 2.24) is 0 Å². The van der Waals surface area contributed by atoms with E-state index in [0.29, 0.717) is 50.5 Å². The largest absolute Gasteiger partial charge is 0.458 e. The zero-order valence-corrected chi connectivity index (χ0v) is 22.7. The lowest BCUT2D eigenvalue weighted by Gasteiger charge is -2.65. The average molecular weight is 537 g/mol. The van der Waals surface area contributed by atoms with Crippen LogP contribution in [0.25, 0.3) is 0 Å². The van der Waals surface area contributed by atoms with Crippen LogP contribution < -0.4 is 0 Å². The summed E-state index contributed by atoms with van der Waals surface area (Å²) in [6.07, 6.45) is 0.915. The molecule has 2 aliphatic heterocycles. The maximum Gasteiger partial charge on any atom is 0.331 e. The second-order valence-corrected chi connectivity index (χ2v) is 13.7. The molecule has 9 nitrogen and oxygen atoms in total. The molecule has 0 aromatic rings. The molecule has 0 bridgehead atoms. The summed E-state index contributed by atoms with van der Waals surface area (Å²) >= 11 is 0. The lowest BCUT2D eigenvalue weighted by molar-refractivity contribution is -0.319. The second-order valence-electron chi connectivity index (χ2n) is 13.7. The van der Waals surface area contributed by atoms with Gasteiger partial charge >= 0.3 is 5.97 Å². The van der Waals surface area contributed by atoms with Crippen LogP contribution in [0.5, 0.6) is 0 Å². The molecule has 0 radical (unpaired) electrons. The van der Waals surface area contributed by atoms with E-state index in [1.165, 1.54) is 0 Å². The van der Waals surface area contributed by atoms with Crippen molar-refractivity contribution in [1.29, 1.82) is 0 Å². The Morgan fingerprint density at radius 3 is 2.45 bits per heavy atom. The average Bonchev–Trinajstić information content (AvgIpc) is 3.43. The third kappa shape index (κ3) is 3.87. The number of carbonyl (C=O) groups excluding carboxylic acids is 1. The van der Waals surface area contributed by atoms with Gasteiger partial charge in [-0.25, -0.2) is 4.79 Å². The van der Waals surface area contributed by atoms with Crippen LogP contribution >= 0.6 is 0 Å². The van der Waals surface area contributed by atoms with Gasteiger partial charge < -0.3 is 39.7 Å². The number of carbonyl (C=O) groups is 1. The Labute approximate surface area is 224 Å². The summed E-state index contributed by atoms with van der Waals surface area (Å²) in [5.41, 5.74) is -0.527. The van der Waals surface area contributed by atoms with Crippen molar-refractivity contribution >= 4 is 5.97 Å². The lowest BCUT2D eigenvalue weighted by atomic mass is 9.42. The first-order valence-electron chi connectivity index (χ1n) is 14.5. The first kappa shape index (κ1) is 27.1. The molecule has 6 rings (SSSR count). The number of rotatable bonds is 3. The molecule has 5 fully saturated rings. The van der Waals surface area contributed by atoms with E-state index in [1.807, 2.05) is 0 Å². The predicted molar refractivity (Wildman–Crippen MR) is 134 cm³/mol. The number of aliphatic hydroxyl groups is 5. The number of hydrogen-bond donors (Lipinski definition) is 5. The van der Waals surface area contributed by atoms with Crippen molar-refractivity contribution in [3.63, 3.8) is 0 Å². The Kier molecular flexibility index (Phi) is 6.58. The normalized spacial score (nSPS) is 56.5. The molecule has 14 unspecified atom stereocenters. The highest BCUT2D eigenvalue weighted by atomic mass is 16.7.